The molecule has 0 aliphatic rings. The summed E-state index contributed by atoms with van der Waals surface area (Å²) in [7, 11) is 1.52. The van der Waals surface area contributed by atoms with Crippen LogP contribution in [0.2, 0.25) is 0 Å². The van der Waals surface area contributed by atoms with Gasteiger partial charge in [-0.2, -0.15) is 0 Å². The number of rotatable bonds is 9. The van der Waals surface area contributed by atoms with E-state index < -0.39 is 12.0 Å². The number of hydrogen-bond acceptors (Lipinski definition) is 5. The topological polar surface area (TPSA) is 88.7 Å². The van der Waals surface area contributed by atoms with Gasteiger partial charge in [-0.3, -0.25) is 9.59 Å². The molecule has 0 fully saturated rings. The first-order valence-corrected chi connectivity index (χ1v) is 9.73. The Morgan fingerprint density at radius 2 is 1.97 bits per heavy atom. The third kappa shape index (κ3) is 4.62. The number of nitrogens with one attached hydrogen (secondary N) is 1. The molecular formula is C23H28N2O5. The third-order valence-electron chi connectivity index (χ3n) is 4.91. The molecule has 1 aromatic carbocycles. The summed E-state index contributed by atoms with van der Waals surface area (Å²) in [6.07, 6.45) is 1.57. The number of ether oxygens (including phenoxy) is 2. The van der Waals surface area contributed by atoms with E-state index in [0.29, 0.717) is 28.1 Å². The molecule has 160 valence electrons. The molecule has 0 aliphatic carbocycles. The van der Waals surface area contributed by atoms with Crippen molar-refractivity contribution in [2.24, 2.45) is 0 Å². The molecule has 1 unspecified atom stereocenters. The van der Waals surface area contributed by atoms with Crippen LogP contribution in [0, 0.1) is 13.8 Å². The minimum atomic E-state index is -0.773. The quantitative estimate of drug-likeness (QED) is 0.385. The summed E-state index contributed by atoms with van der Waals surface area (Å²) in [5, 5.41) is 0. The van der Waals surface area contributed by atoms with Gasteiger partial charge in [0.15, 0.2) is 5.78 Å². The Morgan fingerprint density at radius 3 is 2.57 bits per heavy atom. The van der Waals surface area contributed by atoms with E-state index in [2.05, 4.69) is 11.6 Å². The molecule has 0 saturated carbocycles. The molecular weight excluding hydrogens is 384 g/mol. The van der Waals surface area contributed by atoms with E-state index >= 15 is 0 Å². The molecule has 2 aromatic rings. The maximum atomic E-state index is 13.3. The van der Waals surface area contributed by atoms with Crippen LogP contribution in [-0.2, 0) is 4.74 Å². The van der Waals surface area contributed by atoms with Gasteiger partial charge in [-0.1, -0.05) is 12.1 Å². The number of aryl methyl sites for hydroxylation is 1. The number of nitrogens with zero attached hydrogens (tertiary/aromatic N) is 1. The van der Waals surface area contributed by atoms with Crippen molar-refractivity contribution in [1.29, 1.82) is 0 Å². The molecule has 7 nitrogen and oxygen atoms in total. The first kappa shape index (κ1) is 22.9. The molecule has 1 atom stereocenters. The molecule has 0 radical (unpaired) electrons. The predicted octanol–water partition coefficient (Wildman–Crippen LogP) is 3.72. The van der Waals surface area contributed by atoms with Crippen LogP contribution in [0.15, 0.2) is 36.9 Å². The van der Waals surface area contributed by atoms with E-state index in [1.807, 2.05) is 0 Å². The third-order valence-corrected chi connectivity index (χ3v) is 4.91. The number of carbonyl (C=O) groups is 3. The lowest BCUT2D eigenvalue weighted by Gasteiger charge is -2.27. The van der Waals surface area contributed by atoms with Crippen LogP contribution >= 0.6 is 0 Å². The Morgan fingerprint density at radius 1 is 1.27 bits per heavy atom. The largest absolute Gasteiger partial charge is 0.497 e. The van der Waals surface area contributed by atoms with E-state index in [9.17, 15) is 14.4 Å². The highest BCUT2D eigenvalue weighted by molar-refractivity contribution is 6.07. The number of ketones is 1. The Balaban J connectivity index is 2.39. The first-order chi connectivity index (χ1) is 14.3. The molecule has 0 saturated heterocycles. The highest BCUT2D eigenvalue weighted by Crippen LogP contribution is 2.23. The number of aromatic amines is 1. The molecule has 0 bridgehead atoms. The molecule has 7 heteroatoms. The lowest BCUT2D eigenvalue weighted by atomic mass is 9.99. The average molecular weight is 412 g/mol. The van der Waals surface area contributed by atoms with Crippen molar-refractivity contribution in [2.75, 3.05) is 20.3 Å². The zero-order valence-electron chi connectivity index (χ0n) is 18.1. The van der Waals surface area contributed by atoms with Crippen LogP contribution in [0.4, 0.5) is 0 Å². The number of methoxy groups -OCH3 is 1. The van der Waals surface area contributed by atoms with Crippen molar-refractivity contribution in [2.45, 2.75) is 33.7 Å². The monoisotopic (exact) mass is 412 g/mol. The van der Waals surface area contributed by atoms with Gasteiger partial charge in [0.2, 0.25) is 0 Å². The smallest absolute Gasteiger partial charge is 0.355 e. The van der Waals surface area contributed by atoms with Gasteiger partial charge in [-0.25, -0.2) is 4.79 Å². The fraction of sp³-hybridized carbons (Fsp3) is 0.348. The standard InChI is InChI=1S/C23H28N2O5/c1-7-12-25(22(27)17-10-9-11-18(13-17)29-6)16(5)21(26)19-14(3)20(24-15(19)4)23(28)30-8-2/h7,9-11,13,16,24H,1,8,12H2,2-6H3. The Labute approximate surface area is 176 Å². The number of carbonyl (C=O) groups excluding carboxylic acids is 3. The average Bonchev–Trinajstić information content (AvgIpc) is 3.04. The van der Waals surface area contributed by atoms with Crippen molar-refractivity contribution in [3.63, 3.8) is 0 Å². The summed E-state index contributed by atoms with van der Waals surface area (Å²) in [4.78, 5) is 43.0. The van der Waals surface area contributed by atoms with E-state index in [4.69, 9.17) is 9.47 Å². The molecule has 0 spiro atoms. The number of amides is 1. The summed E-state index contributed by atoms with van der Waals surface area (Å²) in [5.74, 6) is -0.545. The molecule has 0 aliphatic heterocycles. The summed E-state index contributed by atoms with van der Waals surface area (Å²) in [6, 6.07) is 5.99. The summed E-state index contributed by atoms with van der Waals surface area (Å²) < 4.78 is 10.2. The minimum Gasteiger partial charge on any atom is -0.497 e. The van der Waals surface area contributed by atoms with Gasteiger partial charge in [0, 0.05) is 23.4 Å². The van der Waals surface area contributed by atoms with E-state index in [1.54, 1.807) is 58.0 Å². The Hall–Kier alpha value is -3.35. The zero-order chi connectivity index (χ0) is 22.4. The van der Waals surface area contributed by atoms with Gasteiger partial charge in [0.1, 0.15) is 11.4 Å². The predicted molar refractivity (Wildman–Crippen MR) is 114 cm³/mol. The number of esters is 1. The number of H-pyrrole nitrogens is 1. The SMILES string of the molecule is C=CCN(C(=O)c1cccc(OC)c1)C(C)C(=O)c1c(C)[nH]c(C(=O)OCC)c1C. The van der Waals surface area contributed by atoms with Crippen LogP contribution in [-0.4, -0.2) is 53.8 Å². The molecule has 1 heterocycles. The lowest BCUT2D eigenvalue weighted by Crippen LogP contribution is -2.43. The second-order valence-corrected chi connectivity index (χ2v) is 6.86. The van der Waals surface area contributed by atoms with E-state index in [-0.39, 0.29) is 30.5 Å². The highest BCUT2D eigenvalue weighted by atomic mass is 16.5. The van der Waals surface area contributed by atoms with Crippen LogP contribution in [0.5, 0.6) is 5.75 Å². The molecule has 30 heavy (non-hydrogen) atoms. The second-order valence-electron chi connectivity index (χ2n) is 6.86. The Bertz CT molecular complexity index is 960. The van der Waals surface area contributed by atoms with Crippen molar-refractivity contribution >= 4 is 17.7 Å². The maximum Gasteiger partial charge on any atom is 0.355 e. The first-order valence-electron chi connectivity index (χ1n) is 9.73. The molecule has 1 aromatic heterocycles. The van der Waals surface area contributed by atoms with Crippen molar-refractivity contribution < 1.29 is 23.9 Å². The van der Waals surface area contributed by atoms with Crippen LogP contribution in [0.25, 0.3) is 0 Å². The normalized spacial score (nSPS) is 11.5. The number of benzene rings is 1. The molecule has 1 N–H and O–H groups in total. The van der Waals surface area contributed by atoms with Gasteiger partial charge in [0.25, 0.3) is 5.91 Å². The fourth-order valence-electron chi connectivity index (χ4n) is 3.36. The summed E-state index contributed by atoms with van der Waals surface area (Å²) in [6.45, 7) is 10.9. The van der Waals surface area contributed by atoms with Crippen molar-refractivity contribution in [1.82, 2.24) is 9.88 Å². The van der Waals surface area contributed by atoms with Gasteiger partial charge in [-0.05, 0) is 51.5 Å². The van der Waals surface area contributed by atoms with Gasteiger partial charge in [-0.15, -0.1) is 6.58 Å². The minimum absolute atomic E-state index is 0.191. The van der Waals surface area contributed by atoms with Crippen molar-refractivity contribution in [3.05, 3.63) is 65.0 Å². The highest BCUT2D eigenvalue weighted by Gasteiger charge is 2.31. The van der Waals surface area contributed by atoms with Crippen LogP contribution < -0.4 is 4.74 Å². The van der Waals surface area contributed by atoms with Gasteiger partial charge < -0.3 is 19.4 Å². The number of Topliss-reactive ketones (excluding diaryl/α,β-unsaturated/α-hetero) is 1. The Kier molecular flexibility index (Phi) is 7.58. The van der Waals surface area contributed by atoms with Gasteiger partial charge >= 0.3 is 5.97 Å². The van der Waals surface area contributed by atoms with Crippen molar-refractivity contribution in [3.8, 4) is 5.75 Å². The van der Waals surface area contributed by atoms with Crippen LogP contribution in [0.1, 0.15) is 56.3 Å². The maximum absolute atomic E-state index is 13.3. The van der Waals surface area contributed by atoms with E-state index in [1.165, 1.54) is 12.0 Å². The van der Waals surface area contributed by atoms with Crippen LogP contribution in [0.3, 0.4) is 0 Å². The van der Waals surface area contributed by atoms with Gasteiger partial charge in [0.05, 0.1) is 19.8 Å². The molecule has 1 amide bonds. The molecule has 2 rings (SSSR count). The number of hydrogen-bond donors (Lipinski definition) is 1. The fourth-order valence-corrected chi connectivity index (χ4v) is 3.36. The second kappa shape index (κ2) is 9.91. The van der Waals surface area contributed by atoms with E-state index in [0.717, 1.165) is 0 Å². The zero-order valence-corrected chi connectivity index (χ0v) is 18.1. The lowest BCUT2D eigenvalue weighted by molar-refractivity contribution is 0.0519. The number of aromatic nitrogens is 1. The summed E-state index contributed by atoms with van der Waals surface area (Å²) >= 11 is 0. The summed E-state index contributed by atoms with van der Waals surface area (Å²) in [5.41, 5.74) is 2.11.